The van der Waals surface area contributed by atoms with Gasteiger partial charge in [-0.2, -0.15) is 0 Å². The van der Waals surface area contributed by atoms with Crippen LogP contribution in [0.15, 0.2) is 78.9 Å². The van der Waals surface area contributed by atoms with Crippen LogP contribution >= 0.6 is 0 Å². The molecule has 0 radical (unpaired) electrons. The number of amides is 2. The maximum atomic E-state index is 13.3. The fourth-order valence-corrected chi connectivity index (χ4v) is 4.36. The average molecular weight is 428 g/mol. The summed E-state index contributed by atoms with van der Waals surface area (Å²) in [6.07, 6.45) is 2.00. The van der Waals surface area contributed by atoms with E-state index >= 15 is 0 Å². The summed E-state index contributed by atoms with van der Waals surface area (Å²) >= 11 is 0. The van der Waals surface area contributed by atoms with Crippen LogP contribution in [0.5, 0.6) is 0 Å². The lowest BCUT2D eigenvalue weighted by molar-refractivity contribution is -0.134. The third-order valence-corrected chi connectivity index (χ3v) is 6.07. The van der Waals surface area contributed by atoms with Gasteiger partial charge < -0.3 is 10.2 Å². The van der Waals surface area contributed by atoms with Crippen molar-refractivity contribution in [1.82, 2.24) is 9.88 Å². The topological polar surface area (TPSA) is 62.3 Å². The number of piperidine rings is 1. The van der Waals surface area contributed by atoms with Crippen molar-refractivity contribution in [3.05, 3.63) is 95.7 Å². The molecule has 3 aromatic rings. The highest BCUT2D eigenvalue weighted by molar-refractivity contribution is 5.92. The van der Waals surface area contributed by atoms with Crippen molar-refractivity contribution in [1.29, 1.82) is 0 Å². The molecule has 0 aliphatic carbocycles. The molecule has 1 saturated heterocycles. The number of carbonyl (C=O) groups is 2. The van der Waals surface area contributed by atoms with E-state index < -0.39 is 0 Å². The maximum Gasteiger partial charge on any atom is 0.230 e. The monoisotopic (exact) mass is 427 g/mol. The van der Waals surface area contributed by atoms with Gasteiger partial charge in [-0.1, -0.05) is 66.7 Å². The number of hydrogen-bond donors (Lipinski definition) is 1. The molecule has 5 heteroatoms. The molecule has 164 valence electrons. The van der Waals surface area contributed by atoms with Gasteiger partial charge in [-0.3, -0.25) is 9.59 Å². The van der Waals surface area contributed by atoms with Crippen molar-refractivity contribution in [3.8, 4) is 0 Å². The summed E-state index contributed by atoms with van der Waals surface area (Å²) in [7, 11) is 0. The quantitative estimate of drug-likeness (QED) is 0.615. The van der Waals surface area contributed by atoms with Gasteiger partial charge in [0.2, 0.25) is 11.8 Å². The first-order chi connectivity index (χ1) is 15.6. The predicted octanol–water partition coefficient (Wildman–Crippen LogP) is 4.79. The number of aromatic nitrogens is 1. The standard InChI is InChI=1S/C27H29N3O2/c1-20-10-8-16-25(28-20)29-27(32)23-15-9-17-30(19-23)26(31)18-24(21-11-4-2-5-12-21)22-13-6-3-7-14-22/h2-8,10-14,16,23-24H,9,15,17-19H2,1H3,(H,28,29,32). The van der Waals surface area contributed by atoms with Crippen LogP contribution in [0, 0.1) is 12.8 Å². The molecule has 5 nitrogen and oxygen atoms in total. The normalized spacial score (nSPS) is 16.1. The van der Waals surface area contributed by atoms with E-state index in [2.05, 4.69) is 34.6 Å². The first kappa shape index (κ1) is 21.8. The fourth-order valence-electron chi connectivity index (χ4n) is 4.36. The van der Waals surface area contributed by atoms with Gasteiger partial charge in [0.15, 0.2) is 0 Å². The van der Waals surface area contributed by atoms with Gasteiger partial charge in [-0.15, -0.1) is 0 Å². The average Bonchev–Trinajstić information content (AvgIpc) is 2.83. The van der Waals surface area contributed by atoms with Crippen LogP contribution in [0.3, 0.4) is 0 Å². The molecule has 2 aromatic carbocycles. The molecule has 4 rings (SSSR count). The highest BCUT2D eigenvalue weighted by atomic mass is 16.2. The molecule has 32 heavy (non-hydrogen) atoms. The number of aryl methyl sites for hydroxylation is 1. The smallest absolute Gasteiger partial charge is 0.230 e. The van der Waals surface area contributed by atoms with E-state index in [1.165, 1.54) is 0 Å². The van der Waals surface area contributed by atoms with E-state index in [0.717, 1.165) is 29.7 Å². The number of pyridine rings is 1. The van der Waals surface area contributed by atoms with E-state index in [9.17, 15) is 9.59 Å². The number of hydrogen-bond acceptors (Lipinski definition) is 3. The van der Waals surface area contributed by atoms with Crippen LogP contribution in [0.2, 0.25) is 0 Å². The molecule has 1 atom stereocenters. The minimum Gasteiger partial charge on any atom is -0.342 e. The van der Waals surface area contributed by atoms with Crippen LogP contribution in [0.25, 0.3) is 0 Å². The minimum absolute atomic E-state index is 0.00408. The van der Waals surface area contributed by atoms with Crippen LogP contribution in [0.1, 0.15) is 42.0 Å². The highest BCUT2D eigenvalue weighted by Gasteiger charge is 2.30. The van der Waals surface area contributed by atoms with Crippen molar-refractivity contribution < 1.29 is 9.59 Å². The van der Waals surface area contributed by atoms with Crippen LogP contribution in [-0.2, 0) is 9.59 Å². The fraction of sp³-hybridized carbons (Fsp3) is 0.296. The summed E-state index contributed by atoms with van der Waals surface area (Å²) in [6, 6.07) is 25.9. The number of likely N-dealkylation sites (tertiary alicyclic amines) is 1. The van der Waals surface area contributed by atoms with Gasteiger partial charge >= 0.3 is 0 Å². The van der Waals surface area contributed by atoms with Crippen molar-refractivity contribution in [2.45, 2.75) is 32.1 Å². The van der Waals surface area contributed by atoms with E-state index in [0.29, 0.717) is 25.3 Å². The zero-order chi connectivity index (χ0) is 22.3. The third kappa shape index (κ3) is 5.41. The molecular weight excluding hydrogens is 398 g/mol. The summed E-state index contributed by atoms with van der Waals surface area (Å²) in [5, 5.41) is 2.92. The molecule has 0 spiro atoms. The molecule has 2 heterocycles. The van der Waals surface area contributed by atoms with Gasteiger partial charge in [0.25, 0.3) is 0 Å². The Kier molecular flexibility index (Phi) is 6.95. The Morgan fingerprint density at radius 2 is 1.62 bits per heavy atom. The molecule has 1 unspecified atom stereocenters. The molecule has 0 saturated carbocycles. The largest absolute Gasteiger partial charge is 0.342 e. The van der Waals surface area contributed by atoms with E-state index in [-0.39, 0.29) is 23.7 Å². The van der Waals surface area contributed by atoms with E-state index in [4.69, 9.17) is 0 Å². The lowest BCUT2D eigenvalue weighted by Gasteiger charge is -2.33. The molecule has 1 N–H and O–H groups in total. The number of anilines is 1. The van der Waals surface area contributed by atoms with E-state index in [1.54, 1.807) is 6.07 Å². The van der Waals surface area contributed by atoms with Crippen LogP contribution < -0.4 is 5.32 Å². The van der Waals surface area contributed by atoms with Gasteiger partial charge in [-0.05, 0) is 43.0 Å². The van der Waals surface area contributed by atoms with Crippen molar-refractivity contribution in [2.75, 3.05) is 18.4 Å². The summed E-state index contributed by atoms with van der Waals surface area (Å²) < 4.78 is 0. The Morgan fingerprint density at radius 3 is 2.25 bits per heavy atom. The Bertz CT molecular complexity index is 1010. The summed E-state index contributed by atoms with van der Waals surface area (Å²) in [4.78, 5) is 32.3. The second-order valence-corrected chi connectivity index (χ2v) is 8.41. The molecule has 1 fully saturated rings. The molecule has 0 bridgehead atoms. The van der Waals surface area contributed by atoms with Gasteiger partial charge in [-0.25, -0.2) is 4.98 Å². The Labute approximate surface area is 189 Å². The SMILES string of the molecule is Cc1cccc(NC(=O)C2CCCN(C(=O)CC(c3ccccc3)c3ccccc3)C2)n1. The number of nitrogens with zero attached hydrogens (tertiary/aromatic N) is 2. The van der Waals surface area contributed by atoms with Gasteiger partial charge in [0.05, 0.1) is 5.92 Å². The second-order valence-electron chi connectivity index (χ2n) is 8.41. The minimum atomic E-state index is -0.220. The first-order valence-corrected chi connectivity index (χ1v) is 11.2. The second kappa shape index (κ2) is 10.2. The van der Waals surface area contributed by atoms with Crippen molar-refractivity contribution >= 4 is 17.6 Å². The molecular formula is C27H29N3O2. The van der Waals surface area contributed by atoms with Gasteiger partial charge in [0.1, 0.15) is 5.82 Å². The zero-order valence-electron chi connectivity index (χ0n) is 18.4. The molecule has 1 aliphatic heterocycles. The maximum absolute atomic E-state index is 13.3. The van der Waals surface area contributed by atoms with Crippen molar-refractivity contribution in [2.24, 2.45) is 5.92 Å². The van der Waals surface area contributed by atoms with Crippen LogP contribution in [-0.4, -0.2) is 34.8 Å². The zero-order valence-corrected chi connectivity index (χ0v) is 18.4. The summed E-state index contributed by atoms with van der Waals surface area (Å²) in [5.41, 5.74) is 3.11. The number of carbonyl (C=O) groups excluding carboxylic acids is 2. The number of nitrogens with one attached hydrogen (secondary N) is 1. The Hall–Kier alpha value is -3.47. The summed E-state index contributed by atoms with van der Waals surface area (Å²) in [5.74, 6) is 0.362. The molecule has 2 amide bonds. The molecule has 1 aliphatic rings. The number of benzene rings is 2. The number of rotatable bonds is 6. The predicted molar refractivity (Wildman–Crippen MR) is 126 cm³/mol. The Balaban J connectivity index is 1.44. The first-order valence-electron chi connectivity index (χ1n) is 11.2. The van der Waals surface area contributed by atoms with Crippen molar-refractivity contribution in [3.63, 3.8) is 0 Å². The van der Waals surface area contributed by atoms with E-state index in [1.807, 2.05) is 60.4 Å². The third-order valence-electron chi connectivity index (χ3n) is 6.07. The lowest BCUT2D eigenvalue weighted by atomic mass is 9.87. The lowest BCUT2D eigenvalue weighted by Crippen LogP contribution is -2.44. The Morgan fingerprint density at radius 1 is 0.969 bits per heavy atom. The van der Waals surface area contributed by atoms with Gasteiger partial charge in [0, 0.05) is 31.1 Å². The summed E-state index contributed by atoms with van der Waals surface area (Å²) in [6.45, 7) is 3.04. The van der Waals surface area contributed by atoms with Crippen LogP contribution in [0.4, 0.5) is 5.82 Å². The highest BCUT2D eigenvalue weighted by Crippen LogP contribution is 2.29. The molecule has 1 aromatic heterocycles.